The Kier molecular flexibility index (Phi) is 4.50. The van der Waals surface area contributed by atoms with Crippen LogP contribution in [0.2, 0.25) is 10.3 Å². The van der Waals surface area contributed by atoms with Gasteiger partial charge in [0, 0.05) is 6.04 Å². The molecule has 0 aromatic carbocycles. The van der Waals surface area contributed by atoms with Gasteiger partial charge in [0.25, 0.3) is 0 Å². The minimum absolute atomic E-state index is 0.190. The van der Waals surface area contributed by atoms with Gasteiger partial charge >= 0.3 is 0 Å². The fraction of sp³-hybridized carbons (Fsp3) is 0.375. The number of thiocarbonyl (C=S) groups is 1. The van der Waals surface area contributed by atoms with Crippen LogP contribution in [0.25, 0.3) is 0 Å². The lowest BCUT2D eigenvalue weighted by Crippen LogP contribution is -2.34. The van der Waals surface area contributed by atoms with Crippen molar-refractivity contribution < 1.29 is 0 Å². The van der Waals surface area contributed by atoms with E-state index < -0.39 is 0 Å². The number of anilines is 1. The van der Waals surface area contributed by atoms with Gasteiger partial charge in [-0.3, -0.25) is 0 Å². The van der Waals surface area contributed by atoms with Crippen molar-refractivity contribution in [2.45, 2.75) is 19.9 Å². The summed E-state index contributed by atoms with van der Waals surface area (Å²) in [5.74, 6) is 0.388. The fourth-order valence-electron chi connectivity index (χ4n) is 0.836. The minimum Gasteiger partial charge on any atom is -0.360 e. The summed E-state index contributed by atoms with van der Waals surface area (Å²) in [6.45, 7) is 3.95. The molecule has 15 heavy (non-hydrogen) atoms. The van der Waals surface area contributed by atoms with Crippen LogP contribution in [0.5, 0.6) is 0 Å². The molecule has 2 N–H and O–H groups in total. The molecule has 7 heteroatoms. The highest BCUT2D eigenvalue weighted by molar-refractivity contribution is 7.80. The summed E-state index contributed by atoms with van der Waals surface area (Å²) in [6.07, 6.45) is 1.40. The van der Waals surface area contributed by atoms with Crippen LogP contribution in [0.3, 0.4) is 0 Å². The van der Waals surface area contributed by atoms with Crippen LogP contribution in [0.4, 0.5) is 5.82 Å². The van der Waals surface area contributed by atoms with Crippen molar-refractivity contribution in [3.05, 3.63) is 16.5 Å². The molecule has 0 aliphatic heterocycles. The molecule has 4 nitrogen and oxygen atoms in total. The molecule has 0 amide bonds. The van der Waals surface area contributed by atoms with Crippen LogP contribution in [-0.4, -0.2) is 21.1 Å². The second kappa shape index (κ2) is 5.44. The lowest BCUT2D eigenvalue weighted by molar-refractivity contribution is 0.739. The molecule has 0 aliphatic rings. The molecular formula is C8H10Cl2N4S. The first kappa shape index (κ1) is 12.4. The molecule has 0 radical (unpaired) electrons. The molecule has 0 saturated heterocycles. The summed E-state index contributed by atoms with van der Waals surface area (Å²) in [5.41, 5.74) is 0. The molecule has 0 atom stereocenters. The standard InChI is InChI=1S/C8H10Cl2N4S/c1-4(2)12-8(15)14-7-6(10)13-5(9)3-11-7/h3-4H,1-2H3,(H2,11,12,14,15). The van der Waals surface area contributed by atoms with Gasteiger partial charge in [-0.2, -0.15) is 0 Å². The van der Waals surface area contributed by atoms with E-state index in [-0.39, 0.29) is 16.3 Å². The van der Waals surface area contributed by atoms with E-state index in [2.05, 4.69) is 20.6 Å². The molecule has 0 bridgehead atoms. The normalized spacial score (nSPS) is 10.2. The maximum Gasteiger partial charge on any atom is 0.173 e. The van der Waals surface area contributed by atoms with E-state index in [0.29, 0.717) is 10.9 Å². The number of aromatic nitrogens is 2. The van der Waals surface area contributed by atoms with Crippen LogP contribution in [0.15, 0.2) is 6.20 Å². The van der Waals surface area contributed by atoms with E-state index >= 15 is 0 Å². The molecule has 1 aromatic rings. The first-order valence-electron chi connectivity index (χ1n) is 4.24. The quantitative estimate of drug-likeness (QED) is 0.804. The van der Waals surface area contributed by atoms with Gasteiger partial charge in [-0.15, -0.1) is 0 Å². The number of rotatable bonds is 2. The maximum atomic E-state index is 5.80. The average molecular weight is 265 g/mol. The summed E-state index contributed by atoms with van der Waals surface area (Å²) in [7, 11) is 0. The Morgan fingerprint density at radius 2 is 2.13 bits per heavy atom. The zero-order valence-corrected chi connectivity index (χ0v) is 10.5. The van der Waals surface area contributed by atoms with Crippen molar-refractivity contribution in [2.24, 2.45) is 0 Å². The fourth-order valence-corrected chi connectivity index (χ4v) is 1.53. The van der Waals surface area contributed by atoms with Crippen molar-refractivity contribution in [3.8, 4) is 0 Å². The summed E-state index contributed by atoms with van der Waals surface area (Å²) in [4.78, 5) is 7.78. The van der Waals surface area contributed by atoms with Gasteiger partial charge in [-0.05, 0) is 26.1 Å². The van der Waals surface area contributed by atoms with Crippen LogP contribution in [0, 0.1) is 0 Å². The SMILES string of the molecule is CC(C)NC(=S)Nc1ncc(Cl)nc1Cl. The highest BCUT2D eigenvalue weighted by Crippen LogP contribution is 2.17. The lowest BCUT2D eigenvalue weighted by atomic mass is 10.4. The van der Waals surface area contributed by atoms with Gasteiger partial charge in [0.2, 0.25) is 0 Å². The van der Waals surface area contributed by atoms with Gasteiger partial charge in [0.1, 0.15) is 5.15 Å². The molecule has 0 fully saturated rings. The van der Waals surface area contributed by atoms with Crippen LogP contribution >= 0.6 is 35.4 Å². The van der Waals surface area contributed by atoms with Crippen molar-refractivity contribution in [2.75, 3.05) is 5.32 Å². The van der Waals surface area contributed by atoms with Gasteiger partial charge < -0.3 is 10.6 Å². The average Bonchev–Trinajstić information content (AvgIpc) is 2.08. The van der Waals surface area contributed by atoms with Crippen molar-refractivity contribution in [1.29, 1.82) is 0 Å². The predicted molar refractivity (Wildman–Crippen MR) is 66.5 cm³/mol. The Morgan fingerprint density at radius 1 is 1.47 bits per heavy atom. The highest BCUT2D eigenvalue weighted by atomic mass is 35.5. The van der Waals surface area contributed by atoms with Crippen molar-refractivity contribution in [3.63, 3.8) is 0 Å². The molecule has 1 rings (SSSR count). The third-order valence-electron chi connectivity index (χ3n) is 1.35. The molecule has 82 valence electrons. The van der Waals surface area contributed by atoms with E-state index in [1.165, 1.54) is 6.20 Å². The number of nitrogens with zero attached hydrogens (tertiary/aromatic N) is 2. The molecule has 0 saturated carbocycles. The number of hydrogen-bond acceptors (Lipinski definition) is 3. The third-order valence-corrected chi connectivity index (χ3v) is 2.02. The van der Waals surface area contributed by atoms with Crippen molar-refractivity contribution in [1.82, 2.24) is 15.3 Å². The summed E-state index contributed by atoms with van der Waals surface area (Å²) in [5, 5.41) is 6.70. The number of halogens is 2. The monoisotopic (exact) mass is 264 g/mol. The Labute approximate surface area is 103 Å². The number of hydrogen-bond donors (Lipinski definition) is 2. The van der Waals surface area contributed by atoms with E-state index in [1.807, 2.05) is 13.8 Å². The lowest BCUT2D eigenvalue weighted by Gasteiger charge is -2.12. The van der Waals surface area contributed by atoms with E-state index in [1.54, 1.807) is 0 Å². The first-order chi connectivity index (χ1) is 6.99. The van der Waals surface area contributed by atoms with Crippen LogP contribution in [-0.2, 0) is 0 Å². The predicted octanol–water partition coefficient (Wildman–Crippen LogP) is 2.48. The summed E-state index contributed by atoms with van der Waals surface area (Å²) < 4.78 is 0. The van der Waals surface area contributed by atoms with Crippen LogP contribution in [0.1, 0.15) is 13.8 Å². The Morgan fingerprint density at radius 3 is 2.67 bits per heavy atom. The van der Waals surface area contributed by atoms with Gasteiger partial charge in [-0.1, -0.05) is 23.2 Å². The third kappa shape index (κ3) is 4.15. The van der Waals surface area contributed by atoms with Gasteiger partial charge in [0.05, 0.1) is 6.20 Å². The summed E-state index contributed by atoms with van der Waals surface area (Å²) in [6, 6.07) is 0.240. The second-order valence-electron chi connectivity index (χ2n) is 3.09. The smallest absolute Gasteiger partial charge is 0.173 e. The molecular weight excluding hydrogens is 255 g/mol. The van der Waals surface area contributed by atoms with Gasteiger partial charge in [-0.25, -0.2) is 9.97 Å². The van der Waals surface area contributed by atoms with Crippen molar-refractivity contribution >= 4 is 46.4 Å². The molecule has 1 heterocycles. The Hall–Kier alpha value is -0.650. The molecule has 1 aromatic heterocycles. The minimum atomic E-state index is 0.190. The summed E-state index contributed by atoms with van der Waals surface area (Å²) >= 11 is 16.4. The zero-order chi connectivity index (χ0) is 11.4. The molecule has 0 aliphatic carbocycles. The largest absolute Gasteiger partial charge is 0.360 e. The number of nitrogens with one attached hydrogen (secondary N) is 2. The van der Waals surface area contributed by atoms with E-state index in [0.717, 1.165) is 0 Å². The Balaban J connectivity index is 2.68. The second-order valence-corrected chi connectivity index (χ2v) is 4.24. The first-order valence-corrected chi connectivity index (χ1v) is 5.41. The topological polar surface area (TPSA) is 49.8 Å². The highest BCUT2D eigenvalue weighted by Gasteiger charge is 2.06. The zero-order valence-electron chi connectivity index (χ0n) is 8.21. The molecule has 0 spiro atoms. The van der Waals surface area contributed by atoms with Crippen LogP contribution < -0.4 is 10.6 Å². The Bertz CT molecular complexity index is 370. The maximum absolute atomic E-state index is 5.80. The van der Waals surface area contributed by atoms with Gasteiger partial charge in [0.15, 0.2) is 16.1 Å². The van der Waals surface area contributed by atoms with E-state index in [9.17, 15) is 0 Å². The molecule has 0 unspecified atom stereocenters. The van der Waals surface area contributed by atoms with E-state index in [4.69, 9.17) is 35.4 Å².